The molecule has 132 valence electrons. The minimum absolute atomic E-state index is 0.0426. The van der Waals surface area contributed by atoms with Crippen molar-refractivity contribution in [2.24, 2.45) is 0 Å². The number of rotatable bonds is 4. The Morgan fingerprint density at radius 1 is 1.19 bits per heavy atom. The van der Waals surface area contributed by atoms with Gasteiger partial charge in [-0.1, -0.05) is 35.2 Å². The maximum absolute atomic E-state index is 13.7. The summed E-state index contributed by atoms with van der Waals surface area (Å²) in [5.74, 6) is -4.59. The number of imidazole rings is 1. The van der Waals surface area contributed by atoms with Crippen molar-refractivity contribution in [3.05, 3.63) is 47.8 Å². The Labute approximate surface area is 152 Å². The molecule has 0 saturated heterocycles. The molecule has 10 heteroatoms. The first kappa shape index (κ1) is 16.9. The van der Waals surface area contributed by atoms with Crippen molar-refractivity contribution in [3.8, 4) is 0 Å². The molecule has 2 heterocycles. The minimum Gasteiger partial charge on any atom is -0.333 e. The summed E-state index contributed by atoms with van der Waals surface area (Å²) in [4.78, 5) is 23.3. The zero-order valence-corrected chi connectivity index (χ0v) is 14.5. The number of hydrogen-bond donors (Lipinski definition) is 2. The Morgan fingerprint density at radius 2 is 2.00 bits per heavy atom. The summed E-state index contributed by atoms with van der Waals surface area (Å²) in [5.41, 5.74) is 1.34. The summed E-state index contributed by atoms with van der Waals surface area (Å²) in [6.07, 6.45) is 0. The summed E-state index contributed by atoms with van der Waals surface area (Å²) < 4.78 is 40.3. The molecule has 0 aliphatic heterocycles. The summed E-state index contributed by atoms with van der Waals surface area (Å²) in [5, 5.41) is 3.15. The van der Waals surface area contributed by atoms with E-state index in [4.69, 9.17) is 0 Å². The van der Waals surface area contributed by atoms with Crippen molar-refractivity contribution in [1.29, 1.82) is 0 Å². The van der Waals surface area contributed by atoms with E-state index in [-0.39, 0.29) is 21.1 Å². The number of hydrogen-bond acceptors (Lipinski definition) is 5. The van der Waals surface area contributed by atoms with Crippen LogP contribution >= 0.6 is 23.1 Å². The average Bonchev–Trinajstić information content (AvgIpc) is 3.21. The highest BCUT2D eigenvalue weighted by Crippen LogP contribution is 2.30. The van der Waals surface area contributed by atoms with Crippen molar-refractivity contribution < 1.29 is 18.0 Å². The molecule has 4 aromatic rings. The zero-order valence-electron chi connectivity index (χ0n) is 12.8. The first-order valence-electron chi connectivity index (χ1n) is 7.32. The molecule has 0 aliphatic carbocycles. The maximum atomic E-state index is 13.7. The van der Waals surface area contributed by atoms with E-state index in [0.29, 0.717) is 5.16 Å². The number of thiazole rings is 1. The van der Waals surface area contributed by atoms with Gasteiger partial charge in [-0.25, -0.2) is 23.1 Å². The lowest BCUT2D eigenvalue weighted by molar-refractivity contribution is -0.113. The Balaban J connectivity index is 1.46. The van der Waals surface area contributed by atoms with E-state index in [2.05, 4.69) is 20.3 Å². The Hall–Kier alpha value is -2.59. The van der Waals surface area contributed by atoms with Crippen molar-refractivity contribution in [3.63, 3.8) is 0 Å². The Bertz CT molecular complexity index is 1110. The molecule has 2 aromatic carbocycles. The summed E-state index contributed by atoms with van der Waals surface area (Å²) in [6.45, 7) is 0. The van der Waals surface area contributed by atoms with E-state index >= 15 is 0 Å². The number of nitrogens with one attached hydrogen (secondary N) is 2. The van der Waals surface area contributed by atoms with E-state index < -0.39 is 23.4 Å². The molecule has 0 fully saturated rings. The minimum atomic E-state index is -1.58. The van der Waals surface area contributed by atoms with Crippen LogP contribution in [0.15, 0.2) is 35.5 Å². The van der Waals surface area contributed by atoms with Crippen LogP contribution in [0.1, 0.15) is 0 Å². The van der Waals surface area contributed by atoms with Crippen molar-refractivity contribution in [1.82, 2.24) is 15.0 Å². The van der Waals surface area contributed by atoms with Crippen LogP contribution in [-0.2, 0) is 4.79 Å². The van der Waals surface area contributed by atoms with Crippen LogP contribution in [0.4, 0.5) is 18.3 Å². The highest BCUT2D eigenvalue weighted by Gasteiger charge is 2.18. The number of para-hydroxylation sites is 2. The van der Waals surface area contributed by atoms with Crippen LogP contribution in [0.5, 0.6) is 0 Å². The number of aromatic nitrogens is 3. The summed E-state index contributed by atoms with van der Waals surface area (Å²) >= 11 is 2.06. The number of fused-ring (bicyclic) bond motifs is 2. The number of amides is 1. The van der Waals surface area contributed by atoms with Crippen molar-refractivity contribution >= 4 is 55.4 Å². The molecule has 0 saturated carbocycles. The predicted octanol–water partition coefficient (Wildman–Crippen LogP) is 4.32. The molecular weight excluding hydrogens is 385 g/mol. The lowest BCUT2D eigenvalue weighted by Gasteiger charge is -1.99. The third kappa shape index (κ3) is 3.13. The molecule has 1 amide bonds. The van der Waals surface area contributed by atoms with Gasteiger partial charge in [0.1, 0.15) is 5.52 Å². The topological polar surface area (TPSA) is 70.7 Å². The zero-order chi connectivity index (χ0) is 18.3. The van der Waals surface area contributed by atoms with Crippen LogP contribution in [0.2, 0.25) is 0 Å². The number of thioether (sulfide) groups is 1. The quantitative estimate of drug-likeness (QED) is 0.399. The Kier molecular flexibility index (Phi) is 4.29. The average molecular weight is 394 g/mol. The number of anilines is 1. The second-order valence-corrected chi connectivity index (χ2v) is 7.24. The van der Waals surface area contributed by atoms with Gasteiger partial charge in [0, 0.05) is 0 Å². The first-order chi connectivity index (χ1) is 12.5. The molecule has 0 atom stereocenters. The fraction of sp³-hybridized carbons (Fsp3) is 0.0625. The fourth-order valence-electron chi connectivity index (χ4n) is 2.31. The van der Waals surface area contributed by atoms with Gasteiger partial charge >= 0.3 is 0 Å². The van der Waals surface area contributed by atoms with Crippen molar-refractivity contribution in [2.75, 3.05) is 11.1 Å². The molecular formula is C16H9F3N4OS2. The van der Waals surface area contributed by atoms with Crippen LogP contribution in [0, 0.1) is 17.5 Å². The Morgan fingerprint density at radius 3 is 2.81 bits per heavy atom. The van der Waals surface area contributed by atoms with Crippen LogP contribution in [0.3, 0.4) is 0 Å². The van der Waals surface area contributed by atoms with Crippen molar-refractivity contribution in [2.45, 2.75) is 5.16 Å². The van der Waals surface area contributed by atoms with E-state index in [1.54, 1.807) is 0 Å². The van der Waals surface area contributed by atoms with E-state index in [1.165, 1.54) is 11.8 Å². The monoisotopic (exact) mass is 394 g/mol. The molecule has 2 aromatic heterocycles. The van der Waals surface area contributed by atoms with Crippen LogP contribution in [0.25, 0.3) is 21.3 Å². The highest BCUT2D eigenvalue weighted by atomic mass is 32.2. The molecule has 0 radical (unpaired) electrons. The number of aromatic amines is 1. The molecule has 0 unspecified atom stereocenters. The van der Waals surface area contributed by atoms with Crippen LogP contribution < -0.4 is 5.32 Å². The largest absolute Gasteiger partial charge is 0.333 e. The van der Waals surface area contributed by atoms with E-state index in [1.807, 2.05) is 24.3 Å². The summed E-state index contributed by atoms with van der Waals surface area (Å²) in [7, 11) is 0. The molecule has 0 spiro atoms. The first-order valence-corrected chi connectivity index (χ1v) is 9.13. The highest BCUT2D eigenvalue weighted by molar-refractivity contribution is 7.99. The third-order valence-electron chi connectivity index (χ3n) is 3.48. The fourth-order valence-corrected chi connectivity index (χ4v) is 3.90. The normalized spacial score (nSPS) is 11.3. The van der Waals surface area contributed by atoms with Gasteiger partial charge in [-0.3, -0.25) is 4.79 Å². The van der Waals surface area contributed by atoms with Gasteiger partial charge < -0.3 is 10.3 Å². The number of nitrogens with zero attached hydrogens (tertiary/aromatic N) is 2. The van der Waals surface area contributed by atoms with Crippen LogP contribution in [-0.4, -0.2) is 26.6 Å². The van der Waals surface area contributed by atoms with Gasteiger partial charge in [0.15, 0.2) is 27.7 Å². The van der Waals surface area contributed by atoms with Gasteiger partial charge in [0.2, 0.25) is 5.91 Å². The van der Waals surface area contributed by atoms with Gasteiger partial charge in [0.05, 0.1) is 21.5 Å². The second kappa shape index (κ2) is 6.61. The van der Waals surface area contributed by atoms with Gasteiger partial charge in [-0.15, -0.1) is 0 Å². The van der Waals surface area contributed by atoms with Gasteiger partial charge in [-0.2, -0.15) is 0 Å². The predicted molar refractivity (Wildman–Crippen MR) is 94.9 cm³/mol. The second-order valence-electron chi connectivity index (χ2n) is 5.25. The molecule has 0 bridgehead atoms. The number of benzene rings is 2. The molecule has 26 heavy (non-hydrogen) atoms. The SMILES string of the molecule is O=C(CSc1nc2ccccc2[nH]1)Nc1nc2c(F)c(F)c(F)cc2s1. The number of H-pyrrole nitrogens is 1. The number of carbonyl (C=O) groups excluding carboxylic acids is 1. The molecule has 5 nitrogen and oxygen atoms in total. The van der Waals surface area contributed by atoms with Gasteiger partial charge in [0.25, 0.3) is 0 Å². The van der Waals surface area contributed by atoms with Gasteiger partial charge in [-0.05, 0) is 18.2 Å². The third-order valence-corrected chi connectivity index (χ3v) is 5.27. The lowest BCUT2D eigenvalue weighted by Crippen LogP contribution is -2.13. The molecule has 2 N–H and O–H groups in total. The summed E-state index contributed by atoms with van der Waals surface area (Å²) in [6, 6.07) is 8.32. The smallest absolute Gasteiger partial charge is 0.236 e. The maximum Gasteiger partial charge on any atom is 0.236 e. The van der Waals surface area contributed by atoms with E-state index in [0.717, 1.165) is 28.4 Å². The number of carbonyl (C=O) groups is 1. The standard InChI is InChI=1S/C16H9F3N4OS2/c17-7-5-10-14(13(19)12(7)18)23-16(26-10)22-11(24)6-25-15-20-8-3-1-2-4-9(8)21-15/h1-5H,6H2,(H,20,21)(H,22,23,24). The lowest BCUT2D eigenvalue weighted by atomic mass is 10.3. The van der Waals surface area contributed by atoms with E-state index in [9.17, 15) is 18.0 Å². The molecule has 0 aliphatic rings. The number of halogens is 3. The molecule has 4 rings (SSSR count).